The van der Waals surface area contributed by atoms with E-state index in [1.54, 1.807) is 0 Å². The zero-order valence-corrected chi connectivity index (χ0v) is 13.0. The van der Waals surface area contributed by atoms with E-state index in [0.29, 0.717) is 18.4 Å². The first-order chi connectivity index (χ1) is 12.1. The van der Waals surface area contributed by atoms with Gasteiger partial charge in [0, 0.05) is 12.6 Å². The van der Waals surface area contributed by atoms with Crippen molar-refractivity contribution in [2.24, 2.45) is 0 Å². The summed E-state index contributed by atoms with van der Waals surface area (Å²) in [5, 5.41) is 5.41. The second-order valence-electron chi connectivity index (χ2n) is 5.20. The molecular weight excluding hydrogens is 326 g/mol. The zero-order valence-electron chi connectivity index (χ0n) is 13.0. The minimum atomic E-state index is -0.859. The van der Waals surface area contributed by atoms with E-state index < -0.39 is 17.5 Å². The Kier molecular flexibility index (Phi) is 4.94. The van der Waals surface area contributed by atoms with Gasteiger partial charge in [-0.3, -0.25) is 4.79 Å². The van der Waals surface area contributed by atoms with Gasteiger partial charge in [0.25, 0.3) is 5.91 Å². The molecule has 1 aromatic heterocycles. The number of nitrogens with zero attached hydrogens (tertiary/aromatic N) is 2. The summed E-state index contributed by atoms with van der Waals surface area (Å²) in [6.45, 7) is 0.571. The van der Waals surface area contributed by atoms with Crippen molar-refractivity contribution in [3.63, 3.8) is 0 Å². The minimum Gasteiger partial charge on any atom is -0.365 e. The number of halogens is 2. The molecule has 2 aromatic carbocycles. The van der Waals surface area contributed by atoms with E-state index >= 15 is 0 Å². The lowest BCUT2D eigenvalue weighted by molar-refractivity contribution is 0.102. The number of amides is 1. The smallest absolute Gasteiger partial charge is 0.275 e. The number of benzene rings is 2. The predicted octanol–water partition coefficient (Wildman–Crippen LogP) is 3.62. The minimum absolute atomic E-state index is 0.0222. The van der Waals surface area contributed by atoms with Crippen LogP contribution < -0.4 is 10.6 Å². The van der Waals surface area contributed by atoms with Crippen LogP contribution in [-0.2, 0) is 6.54 Å². The SMILES string of the molecule is O=C(Nc1ccc(F)cc1F)c1cnc(NCc2ccccc2)cn1. The molecule has 3 rings (SSSR count). The first-order valence-corrected chi connectivity index (χ1v) is 7.48. The normalized spacial score (nSPS) is 10.3. The van der Waals surface area contributed by atoms with Gasteiger partial charge in [0.05, 0.1) is 18.1 Å². The average molecular weight is 340 g/mol. The number of hydrogen-bond donors (Lipinski definition) is 2. The van der Waals surface area contributed by atoms with Crippen molar-refractivity contribution in [2.75, 3.05) is 10.6 Å². The maximum Gasteiger partial charge on any atom is 0.275 e. The van der Waals surface area contributed by atoms with Crippen LogP contribution in [0.25, 0.3) is 0 Å². The first-order valence-electron chi connectivity index (χ1n) is 7.48. The molecule has 0 aliphatic heterocycles. The van der Waals surface area contributed by atoms with Crippen LogP contribution in [0, 0.1) is 11.6 Å². The number of hydrogen-bond acceptors (Lipinski definition) is 4. The van der Waals surface area contributed by atoms with Crippen LogP contribution in [0.2, 0.25) is 0 Å². The molecule has 5 nitrogen and oxygen atoms in total. The van der Waals surface area contributed by atoms with Crippen molar-refractivity contribution >= 4 is 17.4 Å². The Balaban J connectivity index is 1.62. The molecule has 25 heavy (non-hydrogen) atoms. The summed E-state index contributed by atoms with van der Waals surface area (Å²) < 4.78 is 26.4. The molecule has 0 atom stereocenters. The largest absolute Gasteiger partial charge is 0.365 e. The Bertz CT molecular complexity index is 870. The number of carbonyl (C=O) groups is 1. The van der Waals surface area contributed by atoms with Gasteiger partial charge in [0.15, 0.2) is 0 Å². The van der Waals surface area contributed by atoms with E-state index in [1.807, 2.05) is 30.3 Å². The third-order valence-corrected chi connectivity index (χ3v) is 3.38. The maximum atomic E-state index is 13.6. The second kappa shape index (κ2) is 7.48. The van der Waals surface area contributed by atoms with Gasteiger partial charge in [0.2, 0.25) is 0 Å². The Hall–Kier alpha value is -3.35. The Morgan fingerprint density at radius 3 is 2.48 bits per heavy atom. The number of aromatic nitrogens is 2. The van der Waals surface area contributed by atoms with E-state index in [0.717, 1.165) is 17.7 Å². The van der Waals surface area contributed by atoms with E-state index in [4.69, 9.17) is 0 Å². The highest BCUT2D eigenvalue weighted by atomic mass is 19.1. The summed E-state index contributed by atoms with van der Waals surface area (Å²) in [4.78, 5) is 20.2. The van der Waals surface area contributed by atoms with Crippen molar-refractivity contribution in [1.29, 1.82) is 0 Å². The Morgan fingerprint density at radius 1 is 1.00 bits per heavy atom. The highest BCUT2D eigenvalue weighted by Gasteiger charge is 2.12. The van der Waals surface area contributed by atoms with E-state index in [1.165, 1.54) is 12.4 Å². The monoisotopic (exact) mass is 340 g/mol. The van der Waals surface area contributed by atoms with Gasteiger partial charge in [-0.05, 0) is 17.7 Å². The topological polar surface area (TPSA) is 66.9 Å². The molecule has 0 spiro atoms. The van der Waals surface area contributed by atoms with Crippen molar-refractivity contribution in [3.05, 3.63) is 83.8 Å². The van der Waals surface area contributed by atoms with Gasteiger partial charge in [-0.2, -0.15) is 0 Å². The molecule has 126 valence electrons. The fraction of sp³-hybridized carbons (Fsp3) is 0.0556. The van der Waals surface area contributed by atoms with Crippen LogP contribution in [0.5, 0.6) is 0 Å². The molecule has 0 bridgehead atoms. The van der Waals surface area contributed by atoms with Crippen LogP contribution in [0.3, 0.4) is 0 Å². The molecule has 3 aromatic rings. The van der Waals surface area contributed by atoms with Gasteiger partial charge in [0.1, 0.15) is 23.1 Å². The van der Waals surface area contributed by atoms with Crippen molar-refractivity contribution < 1.29 is 13.6 Å². The van der Waals surface area contributed by atoms with Gasteiger partial charge in [-0.1, -0.05) is 30.3 Å². The molecule has 0 saturated heterocycles. The van der Waals surface area contributed by atoms with E-state index in [2.05, 4.69) is 20.6 Å². The van der Waals surface area contributed by atoms with Crippen molar-refractivity contribution in [1.82, 2.24) is 9.97 Å². The van der Waals surface area contributed by atoms with Gasteiger partial charge in [-0.15, -0.1) is 0 Å². The third-order valence-electron chi connectivity index (χ3n) is 3.38. The number of carbonyl (C=O) groups excluding carboxylic acids is 1. The standard InChI is InChI=1S/C18H14F2N4O/c19-13-6-7-15(14(20)8-13)24-18(25)16-10-23-17(11-21-16)22-9-12-4-2-1-3-5-12/h1-8,10-11H,9H2,(H,22,23)(H,24,25). The second-order valence-corrected chi connectivity index (χ2v) is 5.20. The quantitative estimate of drug-likeness (QED) is 0.744. The Labute approximate surface area is 142 Å². The van der Waals surface area contributed by atoms with Crippen molar-refractivity contribution in [2.45, 2.75) is 6.54 Å². The molecule has 0 aliphatic rings. The highest BCUT2D eigenvalue weighted by molar-refractivity contribution is 6.02. The molecular formula is C18H14F2N4O. The summed E-state index contributed by atoms with van der Waals surface area (Å²) in [7, 11) is 0. The first kappa shape index (κ1) is 16.5. The van der Waals surface area contributed by atoms with Crippen LogP contribution >= 0.6 is 0 Å². The predicted molar refractivity (Wildman–Crippen MR) is 90.1 cm³/mol. The lowest BCUT2D eigenvalue weighted by Gasteiger charge is -2.07. The number of nitrogens with one attached hydrogen (secondary N) is 2. The summed E-state index contributed by atoms with van der Waals surface area (Å²) in [6.07, 6.45) is 2.70. The van der Waals surface area contributed by atoms with Gasteiger partial charge < -0.3 is 10.6 Å². The van der Waals surface area contributed by atoms with E-state index in [9.17, 15) is 13.6 Å². The van der Waals surface area contributed by atoms with Crippen LogP contribution in [-0.4, -0.2) is 15.9 Å². The summed E-state index contributed by atoms with van der Waals surface area (Å²) in [5.41, 5.74) is 0.978. The molecule has 0 fully saturated rings. The molecule has 0 aliphatic carbocycles. The van der Waals surface area contributed by atoms with Crippen LogP contribution in [0.4, 0.5) is 20.3 Å². The summed E-state index contributed by atoms with van der Waals surface area (Å²) >= 11 is 0. The van der Waals surface area contributed by atoms with Crippen LogP contribution in [0.1, 0.15) is 16.1 Å². The fourth-order valence-corrected chi connectivity index (χ4v) is 2.10. The molecule has 2 N–H and O–H groups in total. The molecule has 0 radical (unpaired) electrons. The van der Waals surface area contributed by atoms with Crippen LogP contribution in [0.15, 0.2) is 60.9 Å². The number of anilines is 2. The lowest BCUT2D eigenvalue weighted by Crippen LogP contribution is -2.15. The molecule has 0 unspecified atom stereocenters. The fourth-order valence-electron chi connectivity index (χ4n) is 2.10. The van der Waals surface area contributed by atoms with Crippen molar-refractivity contribution in [3.8, 4) is 0 Å². The summed E-state index contributed by atoms with van der Waals surface area (Å²) in [6, 6.07) is 12.6. The van der Waals surface area contributed by atoms with Gasteiger partial charge >= 0.3 is 0 Å². The highest BCUT2D eigenvalue weighted by Crippen LogP contribution is 2.16. The lowest BCUT2D eigenvalue weighted by atomic mass is 10.2. The molecule has 7 heteroatoms. The summed E-state index contributed by atoms with van der Waals surface area (Å²) in [5.74, 6) is -1.70. The van der Waals surface area contributed by atoms with E-state index in [-0.39, 0.29) is 11.4 Å². The number of rotatable bonds is 5. The van der Waals surface area contributed by atoms with Gasteiger partial charge in [-0.25, -0.2) is 18.7 Å². The maximum absolute atomic E-state index is 13.6. The molecule has 0 saturated carbocycles. The zero-order chi connectivity index (χ0) is 17.6. The molecule has 1 heterocycles. The third kappa shape index (κ3) is 4.35. The average Bonchev–Trinajstić information content (AvgIpc) is 2.63. The molecule has 1 amide bonds. The Morgan fingerprint density at radius 2 is 1.80 bits per heavy atom.